The third-order valence-electron chi connectivity index (χ3n) is 4.50. The van der Waals surface area contributed by atoms with Gasteiger partial charge >= 0.3 is 7.75 Å². The molecule has 0 spiro atoms. The van der Waals surface area contributed by atoms with E-state index in [2.05, 4.69) is 19.9 Å². The third-order valence-corrected chi connectivity index (χ3v) is 5.80. The molecular weight excluding hydrogens is 432 g/mol. The average molecular weight is 450 g/mol. The van der Waals surface area contributed by atoms with Gasteiger partial charge in [0.25, 0.3) is 5.56 Å². The van der Waals surface area contributed by atoms with Gasteiger partial charge in [-0.15, -0.1) is 0 Å². The molecule has 5 atom stereocenters. The zero-order valence-corrected chi connectivity index (χ0v) is 18.9. The molecule has 14 nitrogen and oxygen atoms in total. The number of ether oxygens (including phenoxy) is 2. The normalized spacial score (nSPS) is 25.8. The van der Waals surface area contributed by atoms with E-state index in [4.69, 9.17) is 19.7 Å². The smallest absolute Gasteiger partial charge is 0.386 e. The number of fused-ring (bicyclic) bond motifs is 1. The maximum Gasteiger partial charge on any atom is 0.437 e. The Morgan fingerprint density at radius 1 is 1.43 bits per heavy atom. The van der Waals surface area contributed by atoms with E-state index >= 15 is 0 Å². The summed E-state index contributed by atoms with van der Waals surface area (Å²) in [5.74, 6) is -0.124. The molecule has 3 aromatic rings. The number of rotatable bonds is 6. The van der Waals surface area contributed by atoms with Crippen LogP contribution in [0.5, 0.6) is 0 Å². The molecule has 1 aliphatic heterocycles. The van der Waals surface area contributed by atoms with Crippen molar-refractivity contribution in [3.63, 3.8) is 0 Å². The van der Waals surface area contributed by atoms with Crippen LogP contribution in [0.25, 0.3) is 11.2 Å². The Bertz CT molecular complexity index is 1120. The monoisotopic (exact) mass is 450 g/mol. The molecule has 16 heteroatoms. The number of anilines is 1. The van der Waals surface area contributed by atoms with Gasteiger partial charge in [0.15, 0.2) is 17.4 Å². The summed E-state index contributed by atoms with van der Waals surface area (Å²) in [6.45, 7) is -0.360. The number of nitrogens with zero attached hydrogens (tertiary/aromatic N) is 5. The van der Waals surface area contributed by atoms with Gasteiger partial charge < -0.3 is 25.2 Å². The number of aromatic amines is 1. The van der Waals surface area contributed by atoms with Crippen LogP contribution in [-0.2, 0) is 18.6 Å². The minimum atomic E-state index is -4.19. The molecule has 4 rings (SSSR count). The van der Waals surface area contributed by atoms with E-state index in [0.717, 1.165) is 10.7 Å². The van der Waals surface area contributed by atoms with Gasteiger partial charge in [-0.1, -0.05) is 0 Å². The number of hydrogen-bond acceptors (Lipinski definition) is 10. The van der Waals surface area contributed by atoms with Crippen LogP contribution in [0.2, 0.25) is 0 Å². The van der Waals surface area contributed by atoms with Crippen LogP contribution < -0.4 is 11.3 Å². The van der Waals surface area contributed by atoms with Crippen molar-refractivity contribution in [1.29, 1.82) is 0 Å². The van der Waals surface area contributed by atoms with Crippen molar-refractivity contribution in [3.05, 3.63) is 35.4 Å². The summed E-state index contributed by atoms with van der Waals surface area (Å²) in [5, 5.41) is 10.7. The van der Waals surface area contributed by atoms with Crippen LogP contribution in [0.15, 0.2) is 29.8 Å². The van der Waals surface area contributed by atoms with Crippen LogP contribution in [0, 0.1) is 0 Å². The van der Waals surface area contributed by atoms with Crippen molar-refractivity contribution in [2.75, 3.05) is 19.5 Å². The number of nitrogens with two attached hydrogens (primary N) is 1. The van der Waals surface area contributed by atoms with E-state index < -0.39 is 37.8 Å². The summed E-state index contributed by atoms with van der Waals surface area (Å²) >= 11 is 0. The van der Waals surface area contributed by atoms with Crippen molar-refractivity contribution in [3.8, 4) is 0 Å². The predicted octanol–water partition coefficient (Wildman–Crippen LogP) is -1.54. The zero-order valence-electron chi connectivity index (χ0n) is 16.0. The molecule has 1 fully saturated rings. The summed E-state index contributed by atoms with van der Waals surface area (Å²) in [4.78, 5) is 36.0. The molecule has 1 radical (unpaired) electrons. The Labute approximate surface area is 190 Å². The number of methoxy groups -OCH3 is 1. The van der Waals surface area contributed by atoms with Crippen molar-refractivity contribution in [1.82, 2.24) is 28.8 Å². The van der Waals surface area contributed by atoms with Crippen LogP contribution in [0.1, 0.15) is 6.23 Å². The van der Waals surface area contributed by atoms with E-state index in [9.17, 15) is 19.4 Å². The molecule has 30 heavy (non-hydrogen) atoms. The number of aliphatic hydroxyl groups excluding tert-OH is 1. The van der Waals surface area contributed by atoms with Gasteiger partial charge in [-0.3, -0.25) is 18.9 Å². The topological polar surface area (TPSA) is 193 Å². The number of H-pyrrole nitrogens is 1. The van der Waals surface area contributed by atoms with Gasteiger partial charge in [-0.05, 0) is 0 Å². The van der Waals surface area contributed by atoms with E-state index in [0.29, 0.717) is 0 Å². The van der Waals surface area contributed by atoms with Crippen molar-refractivity contribution < 1.29 is 28.6 Å². The molecule has 0 aromatic carbocycles. The Morgan fingerprint density at radius 3 is 2.87 bits per heavy atom. The molecule has 0 saturated carbocycles. The van der Waals surface area contributed by atoms with Crippen LogP contribution in [0.3, 0.4) is 0 Å². The maximum atomic E-state index is 12.3. The third kappa shape index (κ3) is 4.10. The van der Waals surface area contributed by atoms with E-state index in [1.165, 1.54) is 30.4 Å². The van der Waals surface area contributed by atoms with Gasteiger partial charge in [-0.2, -0.15) is 4.98 Å². The fourth-order valence-electron chi connectivity index (χ4n) is 3.14. The van der Waals surface area contributed by atoms with E-state index in [1.54, 1.807) is 0 Å². The number of aliphatic hydroxyl groups is 1. The van der Waals surface area contributed by atoms with E-state index in [1.807, 2.05) is 0 Å². The molecule has 1 aliphatic rings. The quantitative estimate of drug-likeness (QED) is 0.251. The summed E-state index contributed by atoms with van der Waals surface area (Å²) < 4.78 is 30.8. The molecule has 5 N–H and O–H groups in total. The second-order valence-corrected chi connectivity index (χ2v) is 7.96. The van der Waals surface area contributed by atoms with Gasteiger partial charge in [0.2, 0.25) is 5.95 Å². The van der Waals surface area contributed by atoms with Gasteiger partial charge in [0, 0.05) is 49.1 Å². The summed E-state index contributed by atoms with van der Waals surface area (Å²) in [6, 6.07) is 0. The Morgan fingerprint density at radius 2 is 2.20 bits per heavy atom. The fraction of sp³-hybridized carbons (Fsp3) is 0.429. The average Bonchev–Trinajstić information content (AvgIpc) is 3.39. The zero-order chi connectivity index (χ0) is 20.8. The summed E-state index contributed by atoms with van der Waals surface area (Å²) in [5.41, 5.74) is 5.17. The SMILES string of the molecule is CO[C@H]1[C@@H](O)[C@H](n2cnc3c(=O)[nH]c(N)nc32)O[C@@H]1COP(=O)(O)n1ccnc1.[Na]. The second-order valence-electron chi connectivity index (χ2n) is 6.26. The van der Waals surface area contributed by atoms with Crippen LogP contribution >= 0.6 is 7.75 Å². The van der Waals surface area contributed by atoms with Crippen LogP contribution in [-0.4, -0.2) is 100 Å². The molecule has 4 heterocycles. The van der Waals surface area contributed by atoms with Crippen molar-refractivity contribution in [2.24, 2.45) is 0 Å². The minimum Gasteiger partial charge on any atom is -0.386 e. The minimum absolute atomic E-state index is 0. The van der Waals surface area contributed by atoms with Crippen LogP contribution in [0.4, 0.5) is 5.95 Å². The van der Waals surface area contributed by atoms with Gasteiger partial charge in [-0.25, -0.2) is 18.9 Å². The molecule has 0 bridgehead atoms. The molecule has 157 valence electrons. The Kier molecular flexibility index (Phi) is 6.81. The number of nitrogen functional groups attached to an aromatic ring is 1. The number of nitrogens with one attached hydrogen (secondary N) is 1. The number of aromatic nitrogens is 6. The second kappa shape index (κ2) is 8.86. The van der Waals surface area contributed by atoms with Gasteiger partial charge in [0.05, 0.1) is 12.9 Å². The maximum absolute atomic E-state index is 12.3. The molecule has 0 amide bonds. The first-order chi connectivity index (χ1) is 13.8. The number of imidazole rings is 2. The summed E-state index contributed by atoms with van der Waals surface area (Å²) in [7, 11) is -2.84. The largest absolute Gasteiger partial charge is 0.437 e. The van der Waals surface area contributed by atoms with Crippen molar-refractivity contribution in [2.45, 2.75) is 24.5 Å². The molecular formula is C14H18N7NaO7P. The molecule has 1 unspecified atom stereocenters. The first kappa shape index (κ1) is 23.1. The number of hydrogen-bond donors (Lipinski definition) is 4. The first-order valence-corrected chi connectivity index (χ1v) is 9.89. The fourth-order valence-corrected chi connectivity index (χ4v) is 4.04. The van der Waals surface area contributed by atoms with Crippen molar-refractivity contribution >= 4 is 54.4 Å². The summed E-state index contributed by atoms with van der Waals surface area (Å²) in [6.07, 6.45) is 0.998. The van der Waals surface area contributed by atoms with E-state index in [-0.39, 0.29) is 53.3 Å². The standard InChI is InChI=1S/C14H18N7O7P.Na/c1-26-10-7(4-27-29(24,25)20-3-2-16-5-20)28-13(9(10)22)21-6-17-8-11(21)18-14(15)19-12(8)23;/h2-3,5-7,9-10,13,22H,4H2,1H3,(H,24,25)(H3,15,18,19,23);/t7-,9-,10-,13-;/m1./s1. The Balaban J connectivity index is 0.00000256. The molecule has 3 aromatic heterocycles. The molecule has 1 saturated heterocycles. The Hall–Kier alpha value is -1.61. The molecule has 0 aliphatic carbocycles. The first-order valence-electron chi connectivity index (χ1n) is 8.36. The van der Waals surface area contributed by atoms with Gasteiger partial charge in [0.1, 0.15) is 24.6 Å². The predicted molar refractivity (Wildman–Crippen MR) is 102 cm³/mol.